The smallest absolute Gasteiger partial charge is 0.124 e. The maximum Gasteiger partial charge on any atom is 0.124 e. The SMILES string of the molecule is Fc1ccc(NC(Cc2cccs2)c2cccs2)c(I)c1. The van der Waals surface area contributed by atoms with E-state index in [1.807, 2.05) is 6.07 Å². The fourth-order valence-electron chi connectivity index (χ4n) is 2.14. The number of thiophene rings is 2. The lowest BCUT2D eigenvalue weighted by atomic mass is 10.1. The van der Waals surface area contributed by atoms with Crippen molar-refractivity contribution in [2.75, 3.05) is 5.32 Å². The maximum atomic E-state index is 13.2. The van der Waals surface area contributed by atoms with Gasteiger partial charge in [-0.15, -0.1) is 22.7 Å². The molecule has 0 aliphatic carbocycles. The van der Waals surface area contributed by atoms with Crippen LogP contribution in [0.25, 0.3) is 0 Å². The van der Waals surface area contributed by atoms with Gasteiger partial charge in [-0.2, -0.15) is 0 Å². The van der Waals surface area contributed by atoms with Crippen molar-refractivity contribution in [1.29, 1.82) is 0 Å². The summed E-state index contributed by atoms with van der Waals surface area (Å²) in [7, 11) is 0. The van der Waals surface area contributed by atoms with E-state index in [1.165, 1.54) is 15.8 Å². The fourth-order valence-corrected chi connectivity index (χ4v) is 4.30. The number of anilines is 1. The zero-order chi connectivity index (χ0) is 14.7. The molecule has 0 spiro atoms. The molecular formula is C16H13FINS2. The Labute approximate surface area is 145 Å². The number of halogens is 2. The van der Waals surface area contributed by atoms with Gasteiger partial charge in [0.15, 0.2) is 0 Å². The van der Waals surface area contributed by atoms with Crippen molar-refractivity contribution in [3.05, 3.63) is 72.4 Å². The van der Waals surface area contributed by atoms with E-state index in [4.69, 9.17) is 0 Å². The van der Waals surface area contributed by atoms with Crippen molar-refractivity contribution in [2.24, 2.45) is 0 Å². The molecular weight excluding hydrogens is 416 g/mol. The summed E-state index contributed by atoms with van der Waals surface area (Å²) in [6.45, 7) is 0. The second-order valence-electron chi connectivity index (χ2n) is 4.62. The highest BCUT2D eigenvalue weighted by Gasteiger charge is 2.15. The van der Waals surface area contributed by atoms with E-state index in [0.29, 0.717) is 0 Å². The Kier molecular flexibility index (Phi) is 4.92. The Bertz CT molecular complexity index is 695. The molecule has 0 bridgehead atoms. The second-order valence-corrected chi connectivity index (χ2v) is 7.79. The number of rotatable bonds is 5. The summed E-state index contributed by atoms with van der Waals surface area (Å²) in [4.78, 5) is 2.64. The quantitative estimate of drug-likeness (QED) is 0.495. The van der Waals surface area contributed by atoms with Gasteiger partial charge in [0.2, 0.25) is 0 Å². The highest BCUT2D eigenvalue weighted by atomic mass is 127. The van der Waals surface area contributed by atoms with Gasteiger partial charge in [-0.1, -0.05) is 12.1 Å². The van der Waals surface area contributed by atoms with Gasteiger partial charge in [0.25, 0.3) is 0 Å². The van der Waals surface area contributed by atoms with Crippen molar-refractivity contribution < 1.29 is 4.39 Å². The van der Waals surface area contributed by atoms with Crippen LogP contribution in [-0.2, 0) is 6.42 Å². The summed E-state index contributed by atoms with van der Waals surface area (Å²) in [5.74, 6) is -0.198. The monoisotopic (exact) mass is 429 g/mol. The minimum Gasteiger partial charge on any atom is -0.376 e. The third-order valence-corrected chi connectivity index (χ3v) is 5.91. The van der Waals surface area contributed by atoms with Gasteiger partial charge >= 0.3 is 0 Å². The lowest BCUT2D eigenvalue weighted by Gasteiger charge is -2.19. The van der Waals surface area contributed by atoms with Gasteiger partial charge in [0.1, 0.15) is 5.82 Å². The first-order valence-corrected chi connectivity index (χ1v) is 9.33. The Balaban J connectivity index is 1.85. The van der Waals surface area contributed by atoms with Crippen LogP contribution in [0.3, 0.4) is 0 Å². The van der Waals surface area contributed by atoms with Crippen LogP contribution in [0.1, 0.15) is 15.8 Å². The number of hydrogen-bond donors (Lipinski definition) is 1. The molecule has 1 nitrogen and oxygen atoms in total. The molecule has 0 saturated heterocycles. The van der Waals surface area contributed by atoms with Crippen molar-refractivity contribution >= 4 is 51.0 Å². The molecule has 5 heteroatoms. The lowest BCUT2D eigenvalue weighted by Crippen LogP contribution is -2.12. The highest BCUT2D eigenvalue weighted by molar-refractivity contribution is 14.1. The Morgan fingerprint density at radius 1 is 1.10 bits per heavy atom. The van der Waals surface area contributed by atoms with Crippen LogP contribution in [0.2, 0.25) is 0 Å². The van der Waals surface area contributed by atoms with E-state index in [2.05, 4.69) is 62.9 Å². The van der Waals surface area contributed by atoms with E-state index < -0.39 is 0 Å². The Hall–Kier alpha value is -0.920. The van der Waals surface area contributed by atoms with E-state index in [0.717, 1.165) is 15.7 Å². The summed E-state index contributed by atoms with van der Waals surface area (Å²) in [6, 6.07) is 13.5. The first-order valence-electron chi connectivity index (χ1n) is 6.50. The highest BCUT2D eigenvalue weighted by Crippen LogP contribution is 2.30. The minimum absolute atomic E-state index is 0.198. The van der Waals surface area contributed by atoms with E-state index >= 15 is 0 Å². The summed E-state index contributed by atoms with van der Waals surface area (Å²) in [5.41, 5.74) is 0.979. The van der Waals surface area contributed by atoms with Crippen molar-refractivity contribution in [3.63, 3.8) is 0 Å². The third kappa shape index (κ3) is 3.84. The molecule has 2 aromatic heterocycles. The number of benzene rings is 1. The minimum atomic E-state index is -0.198. The summed E-state index contributed by atoms with van der Waals surface area (Å²) in [5, 5.41) is 7.75. The average Bonchev–Trinajstić information content (AvgIpc) is 3.13. The predicted molar refractivity (Wildman–Crippen MR) is 97.8 cm³/mol. The molecule has 1 aromatic carbocycles. The van der Waals surface area contributed by atoms with Gasteiger partial charge in [0.05, 0.1) is 6.04 Å². The van der Waals surface area contributed by atoms with Gasteiger partial charge in [-0.25, -0.2) is 4.39 Å². The van der Waals surface area contributed by atoms with Gasteiger partial charge in [-0.3, -0.25) is 0 Å². The topological polar surface area (TPSA) is 12.0 Å². The average molecular weight is 429 g/mol. The van der Waals surface area contributed by atoms with Crippen molar-refractivity contribution in [2.45, 2.75) is 12.5 Å². The second kappa shape index (κ2) is 6.89. The van der Waals surface area contributed by atoms with Crippen LogP contribution >= 0.6 is 45.3 Å². The zero-order valence-corrected chi connectivity index (χ0v) is 14.8. The van der Waals surface area contributed by atoms with Crippen molar-refractivity contribution in [3.8, 4) is 0 Å². The van der Waals surface area contributed by atoms with Crippen LogP contribution in [0.5, 0.6) is 0 Å². The van der Waals surface area contributed by atoms with Gasteiger partial charge < -0.3 is 5.32 Å². The van der Waals surface area contributed by atoms with Crippen LogP contribution < -0.4 is 5.32 Å². The normalized spacial score (nSPS) is 12.3. The molecule has 1 unspecified atom stereocenters. The summed E-state index contributed by atoms with van der Waals surface area (Å²) in [6.07, 6.45) is 0.936. The number of hydrogen-bond acceptors (Lipinski definition) is 3. The van der Waals surface area contributed by atoms with Crippen LogP contribution in [0.15, 0.2) is 53.2 Å². The van der Waals surface area contributed by atoms with Crippen molar-refractivity contribution in [1.82, 2.24) is 0 Å². The predicted octanol–water partition coefficient (Wildman–Crippen LogP) is 5.95. The Morgan fingerprint density at radius 2 is 1.90 bits per heavy atom. The van der Waals surface area contributed by atoms with E-state index in [9.17, 15) is 4.39 Å². The van der Waals surface area contributed by atoms with Crippen LogP contribution in [0, 0.1) is 9.39 Å². The van der Waals surface area contributed by atoms with Crippen LogP contribution in [-0.4, -0.2) is 0 Å². The van der Waals surface area contributed by atoms with E-state index in [-0.39, 0.29) is 11.9 Å². The van der Waals surface area contributed by atoms with Gasteiger partial charge in [-0.05, 0) is 63.7 Å². The number of nitrogens with one attached hydrogen (secondary N) is 1. The fraction of sp³-hybridized carbons (Fsp3) is 0.125. The summed E-state index contributed by atoms with van der Waals surface area (Å²) >= 11 is 5.69. The molecule has 1 atom stereocenters. The summed E-state index contributed by atoms with van der Waals surface area (Å²) < 4.78 is 14.1. The third-order valence-electron chi connectivity index (χ3n) is 3.13. The first-order chi connectivity index (χ1) is 10.2. The zero-order valence-electron chi connectivity index (χ0n) is 11.1. The largest absolute Gasteiger partial charge is 0.376 e. The first kappa shape index (κ1) is 15.0. The molecule has 3 aromatic rings. The standard InChI is InChI=1S/C16H13FINS2/c17-11-5-6-14(13(18)9-11)19-15(16-4-2-8-21-16)10-12-3-1-7-20-12/h1-9,15,19H,10H2. The molecule has 0 radical (unpaired) electrons. The van der Waals surface area contributed by atoms with Gasteiger partial charge in [0, 0.05) is 25.4 Å². The molecule has 0 aliphatic rings. The lowest BCUT2D eigenvalue weighted by molar-refractivity contribution is 0.627. The molecule has 3 rings (SSSR count). The van der Waals surface area contributed by atoms with E-state index in [1.54, 1.807) is 28.7 Å². The molecule has 0 aliphatic heterocycles. The molecule has 0 saturated carbocycles. The molecule has 21 heavy (non-hydrogen) atoms. The maximum absolute atomic E-state index is 13.2. The molecule has 108 valence electrons. The molecule has 0 amide bonds. The molecule has 1 N–H and O–H groups in total. The van der Waals surface area contributed by atoms with Crippen LogP contribution in [0.4, 0.5) is 10.1 Å². The Morgan fingerprint density at radius 3 is 2.57 bits per heavy atom. The molecule has 0 fully saturated rings. The molecule has 2 heterocycles.